The van der Waals surface area contributed by atoms with E-state index in [4.69, 9.17) is 17.4 Å². The van der Waals surface area contributed by atoms with E-state index < -0.39 is 5.25 Å². The average molecular weight is 416 g/mol. The van der Waals surface area contributed by atoms with Crippen molar-refractivity contribution in [3.8, 4) is 11.4 Å². The fourth-order valence-corrected chi connectivity index (χ4v) is 3.73. The Hall–Kier alpha value is -2.51. The van der Waals surface area contributed by atoms with E-state index in [1.807, 2.05) is 49.4 Å². The highest BCUT2D eigenvalue weighted by atomic mass is 35.5. The van der Waals surface area contributed by atoms with E-state index in [2.05, 4.69) is 29.4 Å². The number of halogens is 1. The summed E-state index contributed by atoms with van der Waals surface area (Å²) in [4.78, 5) is 12.7. The minimum atomic E-state index is -0.411. The summed E-state index contributed by atoms with van der Waals surface area (Å²) in [7, 11) is 0. The topological polar surface area (TPSA) is 85.8 Å². The zero-order valence-electron chi connectivity index (χ0n) is 15.9. The number of hydrogen-bond acceptors (Lipinski definition) is 5. The Morgan fingerprint density at radius 2 is 1.79 bits per heavy atom. The van der Waals surface area contributed by atoms with E-state index >= 15 is 0 Å². The Labute approximate surface area is 173 Å². The Bertz CT molecular complexity index is 988. The molecule has 0 radical (unpaired) electrons. The van der Waals surface area contributed by atoms with Crippen molar-refractivity contribution < 1.29 is 4.79 Å². The Morgan fingerprint density at radius 1 is 1.11 bits per heavy atom. The molecule has 0 spiro atoms. The number of carbonyl (C=O) groups is 1. The number of nitrogen functional groups attached to an aromatic ring is 1. The summed E-state index contributed by atoms with van der Waals surface area (Å²) < 4.78 is 1.36. The molecule has 3 N–H and O–H groups in total. The van der Waals surface area contributed by atoms with Crippen molar-refractivity contribution in [2.24, 2.45) is 0 Å². The largest absolute Gasteiger partial charge is 0.335 e. The molecule has 1 heterocycles. The van der Waals surface area contributed by atoms with Gasteiger partial charge in [0.2, 0.25) is 11.1 Å². The maximum atomic E-state index is 12.7. The molecule has 0 saturated carbocycles. The zero-order chi connectivity index (χ0) is 20.3. The van der Waals surface area contributed by atoms with Crippen molar-refractivity contribution in [2.45, 2.75) is 37.1 Å². The van der Waals surface area contributed by atoms with Gasteiger partial charge in [0.25, 0.3) is 0 Å². The number of nitrogens with two attached hydrogens (primary N) is 1. The standard InChI is InChI=1S/C20H22ClN5OS/c1-12(2)14-8-5-7-11-17(14)23-19(27)13(3)28-20-25-24-18(26(20)22)15-9-4-6-10-16(15)21/h4-13H,22H2,1-3H3,(H,23,27)/t13-/m1/s1. The number of benzene rings is 2. The summed E-state index contributed by atoms with van der Waals surface area (Å²) >= 11 is 7.46. The van der Waals surface area contributed by atoms with Crippen molar-refractivity contribution in [3.05, 3.63) is 59.1 Å². The first-order chi connectivity index (χ1) is 13.4. The first kappa shape index (κ1) is 20.2. The first-order valence-electron chi connectivity index (χ1n) is 8.90. The van der Waals surface area contributed by atoms with Gasteiger partial charge >= 0.3 is 0 Å². The van der Waals surface area contributed by atoms with E-state index in [-0.39, 0.29) is 5.91 Å². The second-order valence-corrected chi connectivity index (χ2v) is 8.36. The van der Waals surface area contributed by atoms with Crippen LogP contribution in [0.2, 0.25) is 5.02 Å². The third-order valence-corrected chi connectivity index (χ3v) is 5.66. The van der Waals surface area contributed by atoms with Gasteiger partial charge in [-0.3, -0.25) is 4.79 Å². The Balaban J connectivity index is 1.74. The van der Waals surface area contributed by atoms with Crippen LogP contribution in [0.4, 0.5) is 5.69 Å². The summed E-state index contributed by atoms with van der Waals surface area (Å²) in [6.07, 6.45) is 0. The lowest BCUT2D eigenvalue weighted by Crippen LogP contribution is -2.24. The number of carbonyl (C=O) groups excluding carboxylic acids is 1. The van der Waals surface area contributed by atoms with E-state index in [9.17, 15) is 4.79 Å². The molecule has 0 aliphatic heterocycles. The number of hydrogen-bond donors (Lipinski definition) is 2. The van der Waals surface area contributed by atoms with Gasteiger partial charge in [0.15, 0.2) is 5.82 Å². The van der Waals surface area contributed by atoms with Gasteiger partial charge in [-0.25, -0.2) is 4.68 Å². The van der Waals surface area contributed by atoms with Crippen LogP contribution in [0, 0.1) is 0 Å². The van der Waals surface area contributed by atoms with Crippen LogP contribution in [-0.4, -0.2) is 26.0 Å². The van der Waals surface area contributed by atoms with Gasteiger partial charge in [-0.2, -0.15) is 0 Å². The van der Waals surface area contributed by atoms with Crippen LogP contribution in [0.5, 0.6) is 0 Å². The van der Waals surface area contributed by atoms with Crippen LogP contribution in [0.15, 0.2) is 53.7 Å². The lowest BCUT2D eigenvalue weighted by molar-refractivity contribution is -0.115. The van der Waals surface area contributed by atoms with Gasteiger partial charge in [0.1, 0.15) is 0 Å². The minimum Gasteiger partial charge on any atom is -0.335 e. The Kier molecular flexibility index (Phi) is 6.26. The molecule has 2 aromatic carbocycles. The van der Waals surface area contributed by atoms with Crippen molar-refractivity contribution in [1.29, 1.82) is 0 Å². The molecular formula is C20H22ClN5OS. The van der Waals surface area contributed by atoms with Gasteiger partial charge in [0, 0.05) is 11.3 Å². The van der Waals surface area contributed by atoms with E-state index in [0.29, 0.717) is 27.5 Å². The Morgan fingerprint density at radius 3 is 2.50 bits per heavy atom. The molecule has 8 heteroatoms. The molecule has 0 bridgehead atoms. The fourth-order valence-electron chi connectivity index (χ4n) is 2.74. The van der Waals surface area contributed by atoms with E-state index in [1.54, 1.807) is 6.07 Å². The summed E-state index contributed by atoms with van der Waals surface area (Å²) in [5.74, 6) is 6.78. The first-order valence-corrected chi connectivity index (χ1v) is 10.2. The van der Waals surface area contributed by atoms with Crippen molar-refractivity contribution >= 4 is 35.0 Å². The van der Waals surface area contributed by atoms with Gasteiger partial charge in [-0.1, -0.05) is 67.5 Å². The summed E-state index contributed by atoms with van der Waals surface area (Å²) in [6, 6.07) is 15.1. The fraction of sp³-hybridized carbons (Fsp3) is 0.250. The van der Waals surface area contributed by atoms with Crippen molar-refractivity contribution in [2.75, 3.05) is 11.2 Å². The minimum absolute atomic E-state index is 0.125. The van der Waals surface area contributed by atoms with Gasteiger partial charge in [-0.15, -0.1) is 10.2 Å². The van der Waals surface area contributed by atoms with Crippen molar-refractivity contribution in [1.82, 2.24) is 14.9 Å². The molecule has 1 atom stereocenters. The second-order valence-electron chi connectivity index (χ2n) is 6.65. The van der Waals surface area contributed by atoms with Crippen LogP contribution in [-0.2, 0) is 4.79 Å². The number of thioether (sulfide) groups is 1. The van der Waals surface area contributed by atoms with Gasteiger partial charge < -0.3 is 11.2 Å². The number of nitrogens with one attached hydrogen (secondary N) is 1. The third kappa shape index (κ3) is 4.31. The molecule has 28 heavy (non-hydrogen) atoms. The molecule has 0 fully saturated rings. The average Bonchev–Trinajstić information content (AvgIpc) is 3.02. The molecule has 3 aromatic rings. The SMILES string of the molecule is CC(C)c1ccccc1NC(=O)[C@@H](C)Sc1nnc(-c2ccccc2Cl)n1N. The quantitative estimate of drug-likeness (QED) is 0.455. The van der Waals surface area contributed by atoms with Crippen LogP contribution >= 0.6 is 23.4 Å². The zero-order valence-corrected chi connectivity index (χ0v) is 17.5. The second kappa shape index (κ2) is 8.67. The number of rotatable bonds is 6. The van der Waals surface area contributed by atoms with Crippen LogP contribution < -0.4 is 11.2 Å². The van der Waals surface area contributed by atoms with Crippen molar-refractivity contribution in [3.63, 3.8) is 0 Å². The molecule has 0 aliphatic carbocycles. The van der Waals surface area contributed by atoms with Crippen LogP contribution in [0.1, 0.15) is 32.3 Å². The summed E-state index contributed by atoms with van der Waals surface area (Å²) in [6.45, 7) is 5.99. The molecule has 0 saturated heterocycles. The highest BCUT2D eigenvalue weighted by Crippen LogP contribution is 2.30. The van der Waals surface area contributed by atoms with Gasteiger partial charge in [-0.05, 0) is 36.6 Å². The third-order valence-electron chi connectivity index (χ3n) is 4.27. The number of para-hydroxylation sites is 1. The smallest absolute Gasteiger partial charge is 0.237 e. The molecule has 1 aromatic heterocycles. The molecule has 0 unspecified atom stereocenters. The van der Waals surface area contributed by atoms with Gasteiger partial charge in [0.05, 0.1) is 10.3 Å². The number of anilines is 1. The monoisotopic (exact) mass is 415 g/mol. The molecular weight excluding hydrogens is 394 g/mol. The lowest BCUT2D eigenvalue weighted by atomic mass is 10.0. The maximum absolute atomic E-state index is 12.7. The maximum Gasteiger partial charge on any atom is 0.237 e. The summed E-state index contributed by atoms with van der Waals surface area (Å²) in [5, 5.41) is 11.8. The molecule has 1 amide bonds. The highest BCUT2D eigenvalue weighted by Gasteiger charge is 2.21. The lowest BCUT2D eigenvalue weighted by Gasteiger charge is -2.16. The predicted molar refractivity (Wildman–Crippen MR) is 115 cm³/mol. The van der Waals surface area contributed by atoms with Crippen LogP contribution in [0.3, 0.4) is 0 Å². The van der Waals surface area contributed by atoms with Crippen LogP contribution in [0.25, 0.3) is 11.4 Å². The number of nitrogens with zero attached hydrogens (tertiary/aromatic N) is 3. The predicted octanol–water partition coefficient (Wildman–Crippen LogP) is 4.56. The number of amides is 1. The van der Waals surface area contributed by atoms with E-state index in [1.165, 1.54) is 16.4 Å². The van der Waals surface area contributed by atoms with E-state index in [0.717, 1.165) is 11.3 Å². The number of aromatic nitrogens is 3. The molecule has 146 valence electrons. The normalized spacial score (nSPS) is 12.2. The highest BCUT2D eigenvalue weighted by molar-refractivity contribution is 8.00. The molecule has 0 aliphatic rings. The summed E-state index contributed by atoms with van der Waals surface area (Å²) in [5.41, 5.74) is 2.60. The molecule has 3 rings (SSSR count). The molecule has 6 nitrogen and oxygen atoms in total.